The first-order chi connectivity index (χ1) is 15.3. The van der Waals surface area contributed by atoms with Crippen LogP contribution in [0.15, 0.2) is 22.8 Å². The van der Waals surface area contributed by atoms with Gasteiger partial charge in [0, 0.05) is 29.2 Å². The Balaban J connectivity index is 1.68. The van der Waals surface area contributed by atoms with Crippen molar-refractivity contribution in [3.63, 3.8) is 0 Å². The summed E-state index contributed by atoms with van der Waals surface area (Å²) in [5.74, 6) is 1.98. The number of Topliss-reactive ketones (excluding diaryl/α,β-unsaturated/α-hetero) is 2. The molecule has 0 aromatic heterocycles. The summed E-state index contributed by atoms with van der Waals surface area (Å²) in [4.78, 5) is 37.6. The van der Waals surface area contributed by atoms with E-state index in [9.17, 15) is 14.4 Å². The normalized spacial score (nSPS) is 41.4. The molecule has 4 aliphatic rings. The van der Waals surface area contributed by atoms with Gasteiger partial charge in [-0.2, -0.15) is 0 Å². The van der Waals surface area contributed by atoms with Crippen LogP contribution in [-0.4, -0.2) is 17.9 Å². The minimum absolute atomic E-state index is 0.0220. The van der Waals surface area contributed by atoms with Gasteiger partial charge in [0.15, 0.2) is 5.78 Å². The predicted molar refractivity (Wildman–Crippen MR) is 133 cm³/mol. The number of hydrogen-bond acceptors (Lipinski definition) is 3. The molecule has 2 saturated carbocycles. The summed E-state index contributed by atoms with van der Waals surface area (Å²) in [6, 6.07) is 0. The van der Waals surface area contributed by atoms with E-state index in [0.717, 1.165) is 50.4 Å². The lowest BCUT2D eigenvalue weighted by Gasteiger charge is -2.60. The van der Waals surface area contributed by atoms with Gasteiger partial charge in [-0.05, 0) is 86.0 Å². The van der Waals surface area contributed by atoms with Gasteiger partial charge in [-0.25, -0.2) is 0 Å². The van der Waals surface area contributed by atoms with Crippen molar-refractivity contribution in [1.29, 1.82) is 0 Å². The minimum Gasteiger partial charge on any atom is -0.299 e. The third-order valence-corrected chi connectivity index (χ3v) is 11.3. The van der Waals surface area contributed by atoms with Gasteiger partial charge >= 0.3 is 0 Å². The first-order valence-corrected chi connectivity index (χ1v) is 13.3. The number of ketones is 2. The Bertz CT molecular complexity index is 936. The standard InChI is InChI=1S/C30H44O3/c1-19(18-31)9-8-10-20(2)21-11-16-30(7)26-22(12-15-29(21,30)6)28(5)14-13-25(33)27(3,4)24(28)17-23(26)32/h9,18,20-21,24H,8,10-17H2,1-7H3/b19-9+/t20-,21-,24?,28-,29-,30+/m0/s1. The molecule has 0 N–H and O–H groups in total. The molecule has 3 heteroatoms. The van der Waals surface area contributed by atoms with Gasteiger partial charge in [0.05, 0.1) is 0 Å². The lowest BCUT2D eigenvalue weighted by molar-refractivity contribution is -0.142. The lowest BCUT2D eigenvalue weighted by atomic mass is 9.43. The van der Waals surface area contributed by atoms with Gasteiger partial charge in [0.25, 0.3) is 0 Å². The maximum atomic E-state index is 13.9. The molecule has 33 heavy (non-hydrogen) atoms. The van der Waals surface area contributed by atoms with Crippen LogP contribution < -0.4 is 0 Å². The highest BCUT2D eigenvalue weighted by atomic mass is 16.1. The van der Waals surface area contributed by atoms with Gasteiger partial charge in [-0.15, -0.1) is 0 Å². The van der Waals surface area contributed by atoms with Crippen LogP contribution >= 0.6 is 0 Å². The molecule has 0 radical (unpaired) electrons. The number of carbonyl (C=O) groups is 3. The van der Waals surface area contributed by atoms with Gasteiger partial charge in [0.1, 0.15) is 12.1 Å². The average Bonchev–Trinajstić information content (AvgIpc) is 3.04. The summed E-state index contributed by atoms with van der Waals surface area (Å²) in [6.45, 7) is 15.7. The Labute approximate surface area is 200 Å². The fraction of sp³-hybridized carbons (Fsp3) is 0.767. The smallest absolute Gasteiger partial charge is 0.159 e. The molecule has 0 aliphatic heterocycles. The molecule has 0 bridgehead atoms. The lowest BCUT2D eigenvalue weighted by Crippen LogP contribution is -2.56. The summed E-state index contributed by atoms with van der Waals surface area (Å²) in [5, 5.41) is 0. The second kappa shape index (κ2) is 8.02. The molecule has 182 valence electrons. The van der Waals surface area contributed by atoms with Crippen LogP contribution in [0.4, 0.5) is 0 Å². The van der Waals surface area contributed by atoms with E-state index in [4.69, 9.17) is 0 Å². The number of fused-ring (bicyclic) bond motifs is 4. The van der Waals surface area contributed by atoms with E-state index in [1.165, 1.54) is 17.6 Å². The van der Waals surface area contributed by atoms with Crippen molar-refractivity contribution < 1.29 is 14.4 Å². The largest absolute Gasteiger partial charge is 0.299 e. The number of aldehydes is 1. The molecule has 4 rings (SSSR count). The molecule has 0 saturated heterocycles. The molecule has 0 aromatic rings. The highest BCUT2D eigenvalue weighted by Gasteiger charge is 2.65. The highest BCUT2D eigenvalue weighted by molar-refractivity contribution is 6.00. The van der Waals surface area contributed by atoms with E-state index in [0.29, 0.717) is 36.2 Å². The Hall–Kier alpha value is -1.51. The van der Waals surface area contributed by atoms with Crippen molar-refractivity contribution >= 4 is 17.9 Å². The Morgan fingerprint density at radius 2 is 1.76 bits per heavy atom. The number of allylic oxidation sites excluding steroid dienone is 4. The Kier molecular flexibility index (Phi) is 5.98. The van der Waals surface area contributed by atoms with Crippen molar-refractivity contribution in [3.05, 3.63) is 22.8 Å². The van der Waals surface area contributed by atoms with Crippen LogP contribution in [0.5, 0.6) is 0 Å². The molecule has 1 unspecified atom stereocenters. The van der Waals surface area contributed by atoms with Crippen LogP contribution in [0, 0.1) is 39.4 Å². The summed E-state index contributed by atoms with van der Waals surface area (Å²) in [6.07, 6.45) is 11.6. The molecule has 0 spiro atoms. The molecular formula is C30H44O3. The minimum atomic E-state index is -0.414. The number of carbonyl (C=O) groups excluding carboxylic acids is 3. The van der Waals surface area contributed by atoms with Gasteiger partial charge in [0.2, 0.25) is 0 Å². The quantitative estimate of drug-likeness (QED) is 0.332. The predicted octanol–water partition coefficient (Wildman–Crippen LogP) is 7.05. The molecule has 0 amide bonds. The van der Waals surface area contributed by atoms with E-state index < -0.39 is 5.41 Å². The van der Waals surface area contributed by atoms with Gasteiger partial charge < -0.3 is 0 Å². The van der Waals surface area contributed by atoms with Crippen LogP contribution in [0.3, 0.4) is 0 Å². The first kappa shape index (κ1) is 24.6. The third-order valence-electron chi connectivity index (χ3n) is 11.3. The molecule has 2 fully saturated rings. The zero-order valence-electron chi connectivity index (χ0n) is 22.0. The summed E-state index contributed by atoms with van der Waals surface area (Å²) < 4.78 is 0. The van der Waals surface area contributed by atoms with E-state index in [2.05, 4.69) is 47.6 Å². The fourth-order valence-corrected chi connectivity index (χ4v) is 8.94. The van der Waals surface area contributed by atoms with Crippen molar-refractivity contribution in [2.75, 3.05) is 0 Å². The monoisotopic (exact) mass is 452 g/mol. The second-order valence-corrected chi connectivity index (χ2v) is 13.1. The third kappa shape index (κ3) is 3.39. The van der Waals surface area contributed by atoms with Crippen LogP contribution in [0.25, 0.3) is 0 Å². The van der Waals surface area contributed by atoms with Crippen LogP contribution in [-0.2, 0) is 14.4 Å². The van der Waals surface area contributed by atoms with E-state index in [-0.39, 0.29) is 22.2 Å². The van der Waals surface area contributed by atoms with Crippen molar-refractivity contribution in [3.8, 4) is 0 Å². The van der Waals surface area contributed by atoms with Gasteiger partial charge in [-0.1, -0.05) is 53.2 Å². The zero-order chi connectivity index (χ0) is 24.4. The highest BCUT2D eigenvalue weighted by Crippen LogP contribution is 2.71. The number of rotatable bonds is 5. The summed E-state index contributed by atoms with van der Waals surface area (Å²) in [5.41, 5.74) is 3.04. The molecule has 3 nitrogen and oxygen atoms in total. The zero-order valence-corrected chi connectivity index (χ0v) is 22.0. The topological polar surface area (TPSA) is 51.2 Å². The van der Waals surface area contributed by atoms with Crippen molar-refractivity contribution in [2.45, 2.75) is 106 Å². The van der Waals surface area contributed by atoms with E-state index >= 15 is 0 Å². The van der Waals surface area contributed by atoms with E-state index in [1.807, 2.05) is 6.92 Å². The molecule has 0 heterocycles. The first-order valence-electron chi connectivity index (χ1n) is 13.3. The SMILES string of the molecule is C/C(C=O)=C\CC[C@H](C)[C@@H]1CC[C@]2(C)C3=C(CC[C@@]12C)[C@]1(C)CCC(=O)C(C)(C)C1CC3=O. The van der Waals surface area contributed by atoms with Crippen LogP contribution in [0.2, 0.25) is 0 Å². The maximum absolute atomic E-state index is 13.9. The number of hydrogen-bond donors (Lipinski definition) is 0. The van der Waals surface area contributed by atoms with E-state index in [1.54, 1.807) is 0 Å². The molecule has 0 aromatic carbocycles. The molecule has 6 atom stereocenters. The summed E-state index contributed by atoms with van der Waals surface area (Å²) in [7, 11) is 0. The summed E-state index contributed by atoms with van der Waals surface area (Å²) >= 11 is 0. The second-order valence-electron chi connectivity index (χ2n) is 13.1. The maximum Gasteiger partial charge on any atom is 0.159 e. The van der Waals surface area contributed by atoms with Crippen molar-refractivity contribution in [1.82, 2.24) is 0 Å². The van der Waals surface area contributed by atoms with Crippen molar-refractivity contribution in [2.24, 2.45) is 39.4 Å². The van der Waals surface area contributed by atoms with Crippen LogP contribution in [0.1, 0.15) is 106 Å². The Morgan fingerprint density at radius 3 is 2.42 bits per heavy atom. The Morgan fingerprint density at radius 1 is 1.06 bits per heavy atom. The molecular weight excluding hydrogens is 408 g/mol. The van der Waals surface area contributed by atoms with Gasteiger partial charge in [-0.3, -0.25) is 14.4 Å². The fourth-order valence-electron chi connectivity index (χ4n) is 8.94. The average molecular weight is 453 g/mol. The molecule has 4 aliphatic carbocycles.